The standard InChI is InChI=1S/C32H40FN5O/c1-35(23-26-8-3-2-4-9-26)32(39)14-13-28-25-36(24-27-10-7-16-34-22-27)17-15-30(28)37-18-20-38(21-19-37)31-12-6-5-11-29(31)33/h2-12,16,22,28,30H,13-15,17-21,23-25H2,1H3/t28-,30+/m0/s1. The number of anilines is 1. The molecule has 2 aliphatic heterocycles. The van der Waals surface area contributed by atoms with Crippen molar-refractivity contribution >= 4 is 11.6 Å². The number of piperidine rings is 1. The van der Waals surface area contributed by atoms with E-state index in [4.69, 9.17) is 0 Å². The highest BCUT2D eigenvalue weighted by molar-refractivity contribution is 5.75. The number of amides is 1. The molecule has 2 atom stereocenters. The molecule has 0 unspecified atom stereocenters. The lowest BCUT2D eigenvalue weighted by molar-refractivity contribution is -0.131. The van der Waals surface area contributed by atoms with Gasteiger partial charge in [-0.15, -0.1) is 0 Å². The first-order valence-electron chi connectivity index (χ1n) is 14.2. The summed E-state index contributed by atoms with van der Waals surface area (Å²) in [6.07, 6.45) is 6.28. The monoisotopic (exact) mass is 529 g/mol. The number of benzene rings is 2. The first-order chi connectivity index (χ1) is 19.1. The molecule has 2 aliphatic rings. The van der Waals surface area contributed by atoms with Gasteiger partial charge in [0.25, 0.3) is 0 Å². The Morgan fingerprint density at radius 1 is 0.949 bits per heavy atom. The average Bonchev–Trinajstić information content (AvgIpc) is 2.97. The fraction of sp³-hybridized carbons (Fsp3) is 0.438. The summed E-state index contributed by atoms with van der Waals surface area (Å²) in [4.78, 5) is 26.6. The van der Waals surface area contributed by atoms with Crippen LogP contribution >= 0.6 is 0 Å². The van der Waals surface area contributed by atoms with Crippen molar-refractivity contribution in [2.45, 2.75) is 38.4 Å². The molecular formula is C32H40FN5O. The van der Waals surface area contributed by atoms with Crippen molar-refractivity contribution in [2.75, 3.05) is 51.2 Å². The topological polar surface area (TPSA) is 42.9 Å². The van der Waals surface area contributed by atoms with Gasteiger partial charge in [-0.25, -0.2) is 4.39 Å². The number of aromatic nitrogens is 1. The molecule has 0 N–H and O–H groups in total. The van der Waals surface area contributed by atoms with Gasteiger partial charge in [-0.1, -0.05) is 48.5 Å². The normalized spacial score (nSPS) is 20.6. The number of halogens is 1. The van der Waals surface area contributed by atoms with E-state index in [-0.39, 0.29) is 11.7 Å². The van der Waals surface area contributed by atoms with E-state index < -0.39 is 0 Å². The summed E-state index contributed by atoms with van der Waals surface area (Å²) in [5, 5.41) is 0. The van der Waals surface area contributed by atoms with Gasteiger partial charge in [-0.2, -0.15) is 0 Å². The van der Waals surface area contributed by atoms with Gasteiger partial charge in [0.1, 0.15) is 5.82 Å². The van der Waals surface area contributed by atoms with Crippen LogP contribution < -0.4 is 4.90 Å². The van der Waals surface area contributed by atoms with Crippen molar-refractivity contribution in [3.05, 3.63) is 96.1 Å². The first-order valence-corrected chi connectivity index (χ1v) is 14.2. The van der Waals surface area contributed by atoms with Crippen LogP contribution in [-0.2, 0) is 17.9 Å². The van der Waals surface area contributed by atoms with E-state index in [1.165, 1.54) is 5.56 Å². The van der Waals surface area contributed by atoms with Crippen LogP contribution in [0.15, 0.2) is 79.1 Å². The van der Waals surface area contributed by atoms with Gasteiger partial charge in [0.15, 0.2) is 0 Å². The molecule has 0 spiro atoms. The smallest absolute Gasteiger partial charge is 0.222 e. The Hall–Kier alpha value is -3.29. The lowest BCUT2D eigenvalue weighted by Crippen LogP contribution is -2.56. The summed E-state index contributed by atoms with van der Waals surface area (Å²) in [5.74, 6) is 0.460. The predicted octanol–water partition coefficient (Wildman–Crippen LogP) is 4.67. The second-order valence-corrected chi connectivity index (χ2v) is 11.0. The Labute approximate surface area is 232 Å². The van der Waals surface area contributed by atoms with Crippen LogP contribution in [0, 0.1) is 11.7 Å². The Morgan fingerprint density at radius 3 is 2.44 bits per heavy atom. The minimum Gasteiger partial charge on any atom is -0.367 e. The number of carbonyl (C=O) groups excluding carboxylic acids is 1. The van der Waals surface area contributed by atoms with Crippen molar-refractivity contribution in [1.82, 2.24) is 19.7 Å². The van der Waals surface area contributed by atoms with Crippen LogP contribution in [0.25, 0.3) is 0 Å². The summed E-state index contributed by atoms with van der Waals surface area (Å²) >= 11 is 0. The van der Waals surface area contributed by atoms with E-state index in [1.807, 2.05) is 60.7 Å². The number of hydrogen-bond donors (Lipinski definition) is 0. The molecule has 7 heteroatoms. The van der Waals surface area contributed by atoms with Crippen molar-refractivity contribution < 1.29 is 9.18 Å². The van der Waals surface area contributed by atoms with Crippen LogP contribution in [0.3, 0.4) is 0 Å². The molecule has 0 bridgehead atoms. The molecule has 1 amide bonds. The number of nitrogens with zero attached hydrogens (tertiary/aromatic N) is 5. The Balaban J connectivity index is 1.22. The summed E-state index contributed by atoms with van der Waals surface area (Å²) in [6.45, 7) is 7.01. The third-order valence-electron chi connectivity index (χ3n) is 8.30. The maximum Gasteiger partial charge on any atom is 0.222 e. The number of likely N-dealkylation sites (tertiary alicyclic amines) is 1. The highest BCUT2D eigenvalue weighted by Gasteiger charge is 2.35. The van der Waals surface area contributed by atoms with E-state index in [0.29, 0.717) is 30.6 Å². The highest BCUT2D eigenvalue weighted by Crippen LogP contribution is 2.29. The van der Waals surface area contributed by atoms with E-state index in [0.717, 1.165) is 64.2 Å². The molecule has 6 nitrogen and oxygen atoms in total. The van der Waals surface area contributed by atoms with Gasteiger partial charge < -0.3 is 9.80 Å². The lowest BCUT2D eigenvalue weighted by atomic mass is 9.86. The molecule has 1 aromatic heterocycles. The van der Waals surface area contributed by atoms with E-state index in [1.54, 1.807) is 12.1 Å². The molecule has 0 saturated carbocycles. The molecule has 5 rings (SSSR count). The Bertz CT molecular complexity index is 1190. The number of hydrogen-bond acceptors (Lipinski definition) is 5. The SMILES string of the molecule is CN(Cc1ccccc1)C(=O)CC[C@H]1CN(Cc2cccnc2)CC[C@H]1N1CCN(c2ccccc2F)CC1. The number of rotatable bonds is 9. The van der Waals surface area contributed by atoms with Crippen LogP contribution in [-0.4, -0.2) is 77.9 Å². The molecular weight excluding hydrogens is 489 g/mol. The molecule has 2 aromatic carbocycles. The second-order valence-electron chi connectivity index (χ2n) is 11.0. The summed E-state index contributed by atoms with van der Waals surface area (Å²) in [5.41, 5.74) is 3.08. The molecule has 2 saturated heterocycles. The van der Waals surface area contributed by atoms with E-state index >= 15 is 0 Å². The summed E-state index contributed by atoms with van der Waals surface area (Å²) in [6, 6.07) is 21.8. The largest absolute Gasteiger partial charge is 0.367 e. The minimum absolute atomic E-state index is 0.148. The zero-order valence-electron chi connectivity index (χ0n) is 23.0. The third-order valence-corrected chi connectivity index (χ3v) is 8.30. The van der Waals surface area contributed by atoms with Crippen molar-refractivity contribution in [2.24, 2.45) is 5.92 Å². The minimum atomic E-state index is -0.148. The maximum absolute atomic E-state index is 14.4. The third kappa shape index (κ3) is 7.22. The van der Waals surface area contributed by atoms with Crippen molar-refractivity contribution in [3.8, 4) is 0 Å². The fourth-order valence-corrected chi connectivity index (χ4v) is 6.20. The summed E-state index contributed by atoms with van der Waals surface area (Å²) < 4.78 is 14.4. The summed E-state index contributed by atoms with van der Waals surface area (Å²) in [7, 11) is 1.91. The van der Waals surface area contributed by atoms with Crippen molar-refractivity contribution in [3.63, 3.8) is 0 Å². The molecule has 3 heterocycles. The molecule has 39 heavy (non-hydrogen) atoms. The quantitative estimate of drug-likeness (QED) is 0.403. The molecule has 206 valence electrons. The number of pyridine rings is 1. The predicted molar refractivity (Wildman–Crippen MR) is 154 cm³/mol. The highest BCUT2D eigenvalue weighted by atomic mass is 19.1. The lowest BCUT2D eigenvalue weighted by Gasteiger charge is -2.47. The van der Waals surface area contributed by atoms with Crippen molar-refractivity contribution in [1.29, 1.82) is 0 Å². The molecule has 3 aromatic rings. The maximum atomic E-state index is 14.4. The van der Waals surface area contributed by atoms with Crippen LogP contribution in [0.2, 0.25) is 0 Å². The number of carbonyl (C=O) groups is 1. The van der Waals surface area contributed by atoms with Gasteiger partial charge in [0.05, 0.1) is 5.69 Å². The molecule has 0 radical (unpaired) electrons. The zero-order chi connectivity index (χ0) is 27.0. The number of para-hydroxylation sites is 1. The molecule has 0 aliphatic carbocycles. The van der Waals surface area contributed by atoms with Crippen LogP contribution in [0.4, 0.5) is 10.1 Å². The fourth-order valence-electron chi connectivity index (χ4n) is 6.20. The van der Waals surface area contributed by atoms with Gasteiger partial charge in [-0.05, 0) is 54.6 Å². The Kier molecular flexibility index (Phi) is 9.22. The van der Waals surface area contributed by atoms with E-state index in [9.17, 15) is 9.18 Å². The van der Waals surface area contributed by atoms with Gasteiger partial charge >= 0.3 is 0 Å². The molecule has 2 fully saturated rings. The second kappa shape index (κ2) is 13.2. The first kappa shape index (κ1) is 27.3. The number of piperazine rings is 1. The zero-order valence-corrected chi connectivity index (χ0v) is 23.0. The van der Waals surface area contributed by atoms with Gasteiger partial charge in [-0.3, -0.25) is 19.6 Å². The van der Waals surface area contributed by atoms with E-state index in [2.05, 4.69) is 37.9 Å². The average molecular weight is 530 g/mol. The Morgan fingerprint density at radius 2 is 1.69 bits per heavy atom. The van der Waals surface area contributed by atoms with Gasteiger partial charge in [0, 0.05) is 77.7 Å². The van der Waals surface area contributed by atoms with Gasteiger partial charge in [0.2, 0.25) is 5.91 Å². The van der Waals surface area contributed by atoms with Crippen LogP contribution in [0.1, 0.15) is 30.4 Å². The van der Waals surface area contributed by atoms with Crippen LogP contribution in [0.5, 0.6) is 0 Å².